The molecule has 0 aliphatic carbocycles. The summed E-state index contributed by atoms with van der Waals surface area (Å²) in [6, 6.07) is 8.45. The Morgan fingerprint density at radius 2 is 1.88 bits per heavy atom. The van der Waals surface area contributed by atoms with Crippen molar-refractivity contribution in [3.63, 3.8) is 0 Å². The average molecular weight is 365 g/mol. The van der Waals surface area contributed by atoms with Crippen LogP contribution in [0.4, 0.5) is 0 Å². The van der Waals surface area contributed by atoms with E-state index in [1.54, 1.807) is 16.2 Å². The fourth-order valence-electron chi connectivity index (χ4n) is 4.31. The van der Waals surface area contributed by atoms with E-state index in [9.17, 15) is 9.59 Å². The van der Waals surface area contributed by atoms with Gasteiger partial charge in [0.05, 0.1) is 11.0 Å². The topological polar surface area (TPSA) is 59.3 Å². The first-order valence-electron chi connectivity index (χ1n) is 8.83. The van der Waals surface area contributed by atoms with Crippen molar-refractivity contribution in [2.24, 2.45) is 7.05 Å². The van der Waals surface area contributed by atoms with E-state index in [2.05, 4.69) is 10.2 Å². The lowest BCUT2D eigenvalue weighted by molar-refractivity contribution is -0.134. The van der Waals surface area contributed by atoms with E-state index in [1.165, 1.54) is 0 Å². The first-order chi connectivity index (χ1) is 11.7. The standard InChI is InChI=1S/C18H24N4O2.ClH/c1-20-15-4-2-3-5-16(15)21(18(20)24)11-9-17(23)22-13-6-7-14(22)12-19-10-8-13;/h2-5,13-14,19H,6-12H2,1H3;1H. The van der Waals surface area contributed by atoms with Crippen molar-refractivity contribution in [3.8, 4) is 0 Å². The van der Waals surface area contributed by atoms with Crippen LogP contribution < -0.4 is 11.0 Å². The lowest BCUT2D eigenvalue weighted by atomic mass is 10.1. The molecule has 2 saturated heterocycles. The highest BCUT2D eigenvalue weighted by molar-refractivity contribution is 5.85. The van der Waals surface area contributed by atoms with Gasteiger partial charge >= 0.3 is 5.69 Å². The molecule has 1 amide bonds. The molecule has 2 atom stereocenters. The molecule has 1 aromatic carbocycles. The number of halogens is 1. The number of nitrogens with one attached hydrogen (secondary N) is 1. The Hall–Kier alpha value is -1.79. The minimum Gasteiger partial charge on any atom is -0.335 e. The quantitative estimate of drug-likeness (QED) is 0.898. The predicted octanol–water partition coefficient (Wildman–Crippen LogP) is 1.50. The molecule has 4 rings (SSSR count). The Morgan fingerprint density at radius 3 is 2.68 bits per heavy atom. The van der Waals surface area contributed by atoms with Gasteiger partial charge in [0.15, 0.2) is 0 Å². The van der Waals surface area contributed by atoms with E-state index < -0.39 is 0 Å². The number of para-hydroxylation sites is 2. The predicted molar refractivity (Wildman–Crippen MR) is 100 cm³/mol. The van der Waals surface area contributed by atoms with Crippen LogP contribution in [0.25, 0.3) is 11.0 Å². The van der Waals surface area contributed by atoms with Gasteiger partial charge < -0.3 is 10.2 Å². The van der Waals surface area contributed by atoms with E-state index in [0.717, 1.165) is 43.4 Å². The van der Waals surface area contributed by atoms with Gasteiger partial charge in [0.2, 0.25) is 5.91 Å². The number of carbonyl (C=O) groups is 1. The lowest BCUT2D eigenvalue weighted by Crippen LogP contribution is -2.43. The molecule has 2 aliphatic heterocycles. The molecule has 7 heteroatoms. The molecule has 136 valence electrons. The van der Waals surface area contributed by atoms with Crippen molar-refractivity contribution in [2.45, 2.75) is 44.3 Å². The summed E-state index contributed by atoms with van der Waals surface area (Å²) >= 11 is 0. The number of imidazole rings is 1. The second kappa shape index (κ2) is 7.22. The van der Waals surface area contributed by atoms with E-state index in [0.29, 0.717) is 25.0 Å². The number of benzene rings is 1. The number of hydrogen-bond donors (Lipinski definition) is 1. The molecule has 2 bridgehead atoms. The van der Waals surface area contributed by atoms with E-state index in [-0.39, 0.29) is 24.0 Å². The van der Waals surface area contributed by atoms with Crippen LogP contribution >= 0.6 is 12.4 Å². The van der Waals surface area contributed by atoms with Crippen LogP contribution in [0.5, 0.6) is 0 Å². The summed E-state index contributed by atoms with van der Waals surface area (Å²) in [5, 5.41) is 3.42. The van der Waals surface area contributed by atoms with Crippen LogP contribution in [-0.4, -0.2) is 45.1 Å². The van der Waals surface area contributed by atoms with Crippen molar-refractivity contribution in [3.05, 3.63) is 34.7 Å². The Labute approximate surface area is 153 Å². The third-order valence-electron chi connectivity index (χ3n) is 5.54. The van der Waals surface area contributed by atoms with Crippen molar-refractivity contribution in [2.75, 3.05) is 13.1 Å². The van der Waals surface area contributed by atoms with Crippen LogP contribution in [-0.2, 0) is 18.4 Å². The Morgan fingerprint density at radius 1 is 1.16 bits per heavy atom. The number of fused-ring (bicyclic) bond motifs is 3. The minimum absolute atomic E-state index is 0. The zero-order valence-corrected chi connectivity index (χ0v) is 15.3. The highest BCUT2D eigenvalue weighted by Crippen LogP contribution is 2.28. The maximum atomic E-state index is 12.8. The van der Waals surface area contributed by atoms with Gasteiger partial charge in [-0.05, 0) is 37.9 Å². The number of amides is 1. The third kappa shape index (κ3) is 3.09. The van der Waals surface area contributed by atoms with Crippen molar-refractivity contribution in [1.29, 1.82) is 0 Å². The molecule has 2 aliphatic rings. The summed E-state index contributed by atoms with van der Waals surface area (Å²) < 4.78 is 3.38. The Kier molecular flexibility index (Phi) is 5.20. The van der Waals surface area contributed by atoms with Gasteiger partial charge in [0, 0.05) is 38.6 Å². The van der Waals surface area contributed by atoms with Gasteiger partial charge in [-0.25, -0.2) is 4.79 Å². The van der Waals surface area contributed by atoms with Crippen molar-refractivity contribution in [1.82, 2.24) is 19.4 Å². The van der Waals surface area contributed by atoms with Crippen molar-refractivity contribution < 1.29 is 4.79 Å². The molecule has 2 aromatic rings. The second-order valence-electron chi connectivity index (χ2n) is 6.91. The van der Waals surface area contributed by atoms with Gasteiger partial charge in [-0.15, -0.1) is 12.4 Å². The van der Waals surface area contributed by atoms with E-state index in [1.807, 2.05) is 24.3 Å². The number of hydrogen-bond acceptors (Lipinski definition) is 3. The zero-order chi connectivity index (χ0) is 16.7. The molecular weight excluding hydrogens is 340 g/mol. The molecule has 3 heterocycles. The summed E-state index contributed by atoms with van der Waals surface area (Å²) in [6.45, 7) is 2.34. The number of aromatic nitrogens is 2. The fraction of sp³-hybridized carbons (Fsp3) is 0.556. The van der Waals surface area contributed by atoms with Crippen LogP contribution in [0.1, 0.15) is 25.7 Å². The van der Waals surface area contributed by atoms with Gasteiger partial charge in [-0.1, -0.05) is 12.1 Å². The number of rotatable bonds is 3. The largest absolute Gasteiger partial charge is 0.335 e. The maximum Gasteiger partial charge on any atom is 0.328 e. The molecule has 0 spiro atoms. The molecule has 0 saturated carbocycles. The normalized spacial score (nSPS) is 22.7. The zero-order valence-electron chi connectivity index (χ0n) is 14.5. The lowest BCUT2D eigenvalue weighted by Gasteiger charge is -2.28. The second-order valence-corrected chi connectivity index (χ2v) is 6.91. The van der Waals surface area contributed by atoms with Crippen LogP contribution in [0.3, 0.4) is 0 Å². The molecular formula is C18H25ClN4O2. The maximum absolute atomic E-state index is 12.8. The first-order valence-corrected chi connectivity index (χ1v) is 8.83. The summed E-state index contributed by atoms with van der Waals surface area (Å²) in [7, 11) is 1.78. The molecule has 1 aromatic heterocycles. The monoisotopic (exact) mass is 364 g/mol. The molecule has 1 N–H and O–H groups in total. The van der Waals surface area contributed by atoms with E-state index in [4.69, 9.17) is 0 Å². The number of carbonyl (C=O) groups excluding carboxylic acids is 1. The van der Waals surface area contributed by atoms with Crippen LogP contribution in [0.2, 0.25) is 0 Å². The SMILES string of the molecule is Cl.Cn1c(=O)n(CCC(=O)N2C3CCNCC2CC3)c2ccccc21. The first kappa shape index (κ1) is 18.0. The smallest absolute Gasteiger partial charge is 0.328 e. The van der Waals surface area contributed by atoms with Gasteiger partial charge in [-0.2, -0.15) is 0 Å². The summed E-state index contributed by atoms with van der Waals surface area (Å²) in [5.41, 5.74) is 1.76. The number of nitrogens with zero attached hydrogens (tertiary/aromatic N) is 3. The summed E-state index contributed by atoms with van der Waals surface area (Å²) in [5.74, 6) is 0.186. The van der Waals surface area contributed by atoms with E-state index >= 15 is 0 Å². The number of aryl methyl sites for hydroxylation is 2. The van der Waals surface area contributed by atoms with Crippen LogP contribution in [0.15, 0.2) is 29.1 Å². The Bertz CT molecular complexity index is 814. The highest BCUT2D eigenvalue weighted by atomic mass is 35.5. The molecule has 2 fully saturated rings. The Balaban J connectivity index is 0.00000182. The average Bonchev–Trinajstić information content (AvgIpc) is 2.99. The summed E-state index contributed by atoms with van der Waals surface area (Å²) in [4.78, 5) is 27.4. The van der Waals surface area contributed by atoms with Gasteiger partial charge in [0.1, 0.15) is 0 Å². The minimum atomic E-state index is -0.0514. The fourth-order valence-corrected chi connectivity index (χ4v) is 4.31. The molecule has 25 heavy (non-hydrogen) atoms. The van der Waals surface area contributed by atoms with Gasteiger partial charge in [-0.3, -0.25) is 13.9 Å². The summed E-state index contributed by atoms with van der Waals surface area (Å²) in [6.07, 6.45) is 3.64. The molecule has 2 unspecified atom stereocenters. The van der Waals surface area contributed by atoms with Gasteiger partial charge in [0.25, 0.3) is 0 Å². The van der Waals surface area contributed by atoms with Crippen LogP contribution in [0, 0.1) is 0 Å². The molecule has 6 nitrogen and oxygen atoms in total. The molecule has 0 radical (unpaired) electrons. The third-order valence-corrected chi connectivity index (χ3v) is 5.54. The highest BCUT2D eigenvalue weighted by Gasteiger charge is 2.37. The van der Waals surface area contributed by atoms with Crippen molar-refractivity contribution >= 4 is 29.3 Å².